The molecule has 1 atom stereocenters. The van der Waals surface area contributed by atoms with Crippen LogP contribution in [0.5, 0.6) is 0 Å². The first-order valence-corrected chi connectivity index (χ1v) is 7.52. The van der Waals surface area contributed by atoms with Crippen molar-refractivity contribution in [1.29, 1.82) is 0 Å². The predicted molar refractivity (Wildman–Crippen MR) is 81.9 cm³/mol. The number of hydrogen-bond acceptors (Lipinski definition) is 5. The quantitative estimate of drug-likeness (QED) is 0.860. The number of carboxylic acid groups (broad SMARTS) is 1. The summed E-state index contributed by atoms with van der Waals surface area (Å²) in [5.41, 5.74) is 0.770. The fourth-order valence-electron chi connectivity index (χ4n) is 2.80. The van der Waals surface area contributed by atoms with Crippen LogP contribution < -0.4 is 10.2 Å². The van der Waals surface area contributed by atoms with Gasteiger partial charge in [-0.2, -0.15) is 0 Å². The molecule has 2 rings (SSSR count). The van der Waals surface area contributed by atoms with Crippen LogP contribution >= 0.6 is 0 Å². The zero-order chi connectivity index (χ0) is 15.4. The van der Waals surface area contributed by atoms with E-state index in [0.717, 1.165) is 26.1 Å². The third kappa shape index (κ3) is 3.69. The minimum atomic E-state index is -0.981. The Morgan fingerprint density at radius 2 is 2.33 bits per heavy atom. The van der Waals surface area contributed by atoms with Gasteiger partial charge in [-0.25, -0.2) is 14.8 Å². The number of carboxylic acids is 1. The summed E-state index contributed by atoms with van der Waals surface area (Å²) in [4.78, 5) is 22.2. The third-order valence-electron chi connectivity index (χ3n) is 3.86. The van der Waals surface area contributed by atoms with E-state index >= 15 is 0 Å². The molecule has 6 nitrogen and oxygen atoms in total. The number of hydrogen-bond donors (Lipinski definition) is 2. The molecule has 21 heavy (non-hydrogen) atoms. The molecule has 1 aliphatic rings. The highest BCUT2D eigenvalue weighted by atomic mass is 16.4. The highest BCUT2D eigenvalue weighted by molar-refractivity contribution is 5.92. The summed E-state index contributed by atoms with van der Waals surface area (Å²) in [5, 5.41) is 12.6. The van der Waals surface area contributed by atoms with Crippen LogP contribution in [-0.4, -0.2) is 47.7 Å². The maximum absolute atomic E-state index is 11.5. The number of aromatic nitrogens is 2. The lowest BCUT2D eigenvalue weighted by atomic mass is 9.97. The van der Waals surface area contributed by atoms with Gasteiger partial charge >= 0.3 is 5.97 Å². The van der Waals surface area contributed by atoms with Crippen LogP contribution in [0.2, 0.25) is 0 Å². The van der Waals surface area contributed by atoms with Gasteiger partial charge in [0.05, 0.1) is 11.9 Å². The van der Waals surface area contributed by atoms with Gasteiger partial charge in [-0.05, 0) is 32.4 Å². The lowest BCUT2D eigenvalue weighted by molar-refractivity contribution is 0.0690. The molecule has 0 aromatic carbocycles. The van der Waals surface area contributed by atoms with Crippen LogP contribution in [0, 0.1) is 5.92 Å². The Morgan fingerprint density at radius 3 is 2.95 bits per heavy atom. The fraction of sp³-hybridized carbons (Fsp3) is 0.667. The second-order valence-corrected chi connectivity index (χ2v) is 5.93. The highest BCUT2D eigenvalue weighted by Gasteiger charge is 2.25. The summed E-state index contributed by atoms with van der Waals surface area (Å²) in [6, 6.07) is 0. The highest BCUT2D eigenvalue weighted by Crippen LogP contribution is 2.26. The van der Waals surface area contributed by atoms with Gasteiger partial charge in [0, 0.05) is 19.0 Å². The Balaban J connectivity index is 2.27. The molecule has 0 radical (unpaired) electrons. The minimum Gasteiger partial charge on any atom is -0.476 e. The van der Waals surface area contributed by atoms with Gasteiger partial charge in [0.2, 0.25) is 0 Å². The van der Waals surface area contributed by atoms with Crippen molar-refractivity contribution in [3.8, 4) is 0 Å². The molecule has 1 aliphatic heterocycles. The van der Waals surface area contributed by atoms with Crippen molar-refractivity contribution in [3.63, 3.8) is 0 Å². The van der Waals surface area contributed by atoms with Crippen molar-refractivity contribution in [2.45, 2.75) is 32.6 Å². The van der Waals surface area contributed by atoms with Crippen molar-refractivity contribution in [2.75, 3.05) is 31.6 Å². The SMILES string of the molecule is CNCC1CCCN(c2cnc(C(C)C)nc2C(=O)O)C1. The van der Waals surface area contributed by atoms with Gasteiger partial charge in [0.15, 0.2) is 5.69 Å². The Hall–Kier alpha value is -1.69. The van der Waals surface area contributed by atoms with Crippen LogP contribution in [0.4, 0.5) is 5.69 Å². The number of rotatable bonds is 5. The van der Waals surface area contributed by atoms with E-state index in [1.807, 2.05) is 20.9 Å². The molecule has 1 aromatic heterocycles. The Kier molecular flexibility index (Phi) is 5.12. The van der Waals surface area contributed by atoms with E-state index in [4.69, 9.17) is 0 Å². The molecule has 1 fully saturated rings. The molecular weight excluding hydrogens is 268 g/mol. The maximum Gasteiger partial charge on any atom is 0.356 e. The standard InChI is InChI=1S/C15H24N4O2/c1-10(2)14-17-8-12(13(18-14)15(20)21)19-6-4-5-11(9-19)7-16-3/h8,10-11,16H,4-7,9H2,1-3H3,(H,20,21). The number of nitrogens with one attached hydrogen (secondary N) is 1. The largest absolute Gasteiger partial charge is 0.476 e. The molecule has 1 saturated heterocycles. The van der Waals surface area contributed by atoms with Crippen molar-refractivity contribution in [3.05, 3.63) is 17.7 Å². The lowest BCUT2D eigenvalue weighted by Gasteiger charge is -2.34. The Morgan fingerprint density at radius 1 is 1.57 bits per heavy atom. The molecule has 116 valence electrons. The smallest absolute Gasteiger partial charge is 0.356 e. The normalized spacial score (nSPS) is 19.0. The van der Waals surface area contributed by atoms with E-state index in [9.17, 15) is 9.90 Å². The van der Waals surface area contributed by atoms with Crippen LogP contribution in [0.15, 0.2) is 6.20 Å². The second-order valence-electron chi connectivity index (χ2n) is 5.93. The Bertz CT molecular complexity index is 502. The predicted octanol–water partition coefficient (Wildman–Crippen LogP) is 1.73. The average molecular weight is 292 g/mol. The zero-order valence-corrected chi connectivity index (χ0v) is 13.0. The van der Waals surface area contributed by atoms with E-state index in [2.05, 4.69) is 20.2 Å². The molecule has 0 bridgehead atoms. The number of carbonyl (C=O) groups is 1. The average Bonchev–Trinajstić information content (AvgIpc) is 2.47. The first kappa shape index (κ1) is 15.7. The molecular formula is C15H24N4O2. The third-order valence-corrected chi connectivity index (χ3v) is 3.86. The van der Waals surface area contributed by atoms with Crippen molar-refractivity contribution < 1.29 is 9.90 Å². The molecule has 0 amide bonds. The number of aromatic carboxylic acids is 1. The number of nitrogens with zero attached hydrogens (tertiary/aromatic N) is 3. The summed E-state index contributed by atoms with van der Waals surface area (Å²) in [5.74, 6) is 0.260. The van der Waals surface area contributed by atoms with Gasteiger partial charge in [-0.15, -0.1) is 0 Å². The first-order valence-electron chi connectivity index (χ1n) is 7.52. The molecule has 1 unspecified atom stereocenters. The van der Waals surface area contributed by atoms with Crippen LogP contribution in [-0.2, 0) is 0 Å². The van der Waals surface area contributed by atoms with Gasteiger partial charge < -0.3 is 15.3 Å². The Labute approximate surface area is 125 Å². The first-order chi connectivity index (χ1) is 10.0. The molecule has 6 heteroatoms. The van der Waals surface area contributed by atoms with Gasteiger partial charge in [0.25, 0.3) is 0 Å². The van der Waals surface area contributed by atoms with Gasteiger partial charge in [0.1, 0.15) is 5.82 Å². The van der Waals surface area contributed by atoms with Gasteiger partial charge in [-0.3, -0.25) is 0 Å². The monoisotopic (exact) mass is 292 g/mol. The van der Waals surface area contributed by atoms with E-state index in [-0.39, 0.29) is 11.6 Å². The fourth-order valence-corrected chi connectivity index (χ4v) is 2.80. The second kappa shape index (κ2) is 6.85. The summed E-state index contributed by atoms with van der Waals surface area (Å²) in [6.45, 7) is 6.59. The number of anilines is 1. The van der Waals surface area contributed by atoms with E-state index in [1.54, 1.807) is 6.20 Å². The van der Waals surface area contributed by atoms with Crippen LogP contribution in [0.3, 0.4) is 0 Å². The van der Waals surface area contributed by atoms with E-state index < -0.39 is 5.97 Å². The molecule has 0 aliphatic carbocycles. The van der Waals surface area contributed by atoms with Crippen molar-refractivity contribution >= 4 is 11.7 Å². The van der Waals surface area contributed by atoms with Gasteiger partial charge in [-0.1, -0.05) is 13.8 Å². The summed E-state index contributed by atoms with van der Waals surface area (Å²) in [6.07, 6.45) is 3.91. The van der Waals surface area contributed by atoms with Crippen LogP contribution in [0.25, 0.3) is 0 Å². The topological polar surface area (TPSA) is 78.3 Å². The maximum atomic E-state index is 11.5. The van der Waals surface area contributed by atoms with Crippen molar-refractivity contribution in [2.24, 2.45) is 5.92 Å². The van der Waals surface area contributed by atoms with E-state index in [0.29, 0.717) is 17.4 Å². The number of piperidine rings is 1. The molecule has 1 aromatic rings. The van der Waals surface area contributed by atoms with Crippen molar-refractivity contribution in [1.82, 2.24) is 15.3 Å². The molecule has 0 saturated carbocycles. The summed E-state index contributed by atoms with van der Waals surface area (Å²) < 4.78 is 0. The molecule has 0 spiro atoms. The van der Waals surface area contributed by atoms with Crippen LogP contribution in [0.1, 0.15) is 48.9 Å². The zero-order valence-electron chi connectivity index (χ0n) is 13.0. The minimum absolute atomic E-state index is 0.121. The van der Waals surface area contributed by atoms with E-state index in [1.165, 1.54) is 6.42 Å². The lowest BCUT2D eigenvalue weighted by Crippen LogP contribution is -2.40. The molecule has 2 N–H and O–H groups in total. The molecule has 2 heterocycles. The summed E-state index contributed by atoms with van der Waals surface area (Å²) in [7, 11) is 1.95. The summed E-state index contributed by atoms with van der Waals surface area (Å²) >= 11 is 0.